The largest absolute Gasteiger partial charge is 0.454 e. The van der Waals surface area contributed by atoms with Crippen molar-refractivity contribution >= 4 is 11.9 Å². The van der Waals surface area contributed by atoms with Gasteiger partial charge in [0.25, 0.3) is 0 Å². The Morgan fingerprint density at radius 2 is 0.847 bits per heavy atom. The number of rotatable bonds is 59. The molecule has 0 aliphatic carbocycles. The van der Waals surface area contributed by atoms with Crippen molar-refractivity contribution in [3.63, 3.8) is 0 Å². The molecule has 1 heterocycles. The summed E-state index contributed by atoms with van der Waals surface area (Å²) in [5.41, 5.74) is 0. The van der Waals surface area contributed by atoms with Gasteiger partial charge in [0.05, 0.1) is 25.4 Å². The molecule has 0 radical (unpaired) electrons. The number of allylic oxidation sites excluding steroid dienone is 15. The molecule has 85 heavy (non-hydrogen) atoms. The number of carbonyl (C=O) groups is 2. The fourth-order valence-corrected chi connectivity index (χ4v) is 10.5. The van der Waals surface area contributed by atoms with E-state index < -0.39 is 67.4 Å². The van der Waals surface area contributed by atoms with Gasteiger partial charge in [0.15, 0.2) is 12.4 Å². The van der Waals surface area contributed by atoms with Crippen LogP contribution in [-0.2, 0) is 23.8 Å². The van der Waals surface area contributed by atoms with Gasteiger partial charge < -0.3 is 45.1 Å². The molecular weight excluding hydrogens is 1060 g/mol. The van der Waals surface area contributed by atoms with Gasteiger partial charge in [-0.15, -0.1) is 0 Å². The number of hydrogen-bond donors (Lipinski definition) is 6. The predicted molar refractivity (Wildman–Crippen MR) is 356 cm³/mol. The Balaban J connectivity index is 2.59. The van der Waals surface area contributed by atoms with Gasteiger partial charge in [-0.25, -0.2) is 0 Å². The zero-order valence-electron chi connectivity index (χ0n) is 54.5. The lowest BCUT2D eigenvalue weighted by atomic mass is 9.99. The van der Waals surface area contributed by atoms with Gasteiger partial charge in [-0.3, -0.25) is 9.59 Å². The lowest BCUT2D eigenvalue weighted by Crippen LogP contribution is -2.61. The fraction of sp³-hybridized carbons (Fsp3) is 0.757. The van der Waals surface area contributed by atoms with Crippen LogP contribution in [0.15, 0.2) is 97.2 Å². The highest BCUT2D eigenvalue weighted by Gasteiger charge is 2.47. The van der Waals surface area contributed by atoms with E-state index in [0.717, 1.165) is 96.3 Å². The summed E-state index contributed by atoms with van der Waals surface area (Å²) < 4.78 is 17.6. The van der Waals surface area contributed by atoms with Crippen LogP contribution in [0.25, 0.3) is 0 Å². The first kappa shape index (κ1) is 79.6. The summed E-state index contributed by atoms with van der Waals surface area (Å²) in [7, 11) is 0. The SMILES string of the molecule is CC/C=C\C/C=C\C/C=C\C/C=C\C/C=C\C/C=C\CCCCC(=O)OC1C(OCC(NC(=O)C(O)CCCCCCCCCCCCCCCC/C=C/CCCCCCCC)C(O)/C=C/CCCCCCCCCCC)OC(CO)C(O)C1O. The van der Waals surface area contributed by atoms with Gasteiger partial charge in [-0.05, 0) is 103 Å². The van der Waals surface area contributed by atoms with Crippen LogP contribution in [-0.4, -0.2) is 99.6 Å². The lowest BCUT2D eigenvalue weighted by Gasteiger charge is -2.41. The maximum atomic E-state index is 13.5. The molecule has 0 aromatic heterocycles. The van der Waals surface area contributed by atoms with Crippen LogP contribution in [0.4, 0.5) is 0 Å². The van der Waals surface area contributed by atoms with Crippen LogP contribution in [0.5, 0.6) is 0 Å². The third-order valence-electron chi connectivity index (χ3n) is 16.0. The maximum absolute atomic E-state index is 13.5. The Kier molecular flexibility index (Phi) is 57.0. The van der Waals surface area contributed by atoms with E-state index in [1.807, 2.05) is 6.08 Å². The molecule has 8 unspecified atom stereocenters. The van der Waals surface area contributed by atoms with E-state index in [1.54, 1.807) is 6.08 Å². The minimum absolute atomic E-state index is 0.0650. The summed E-state index contributed by atoms with van der Waals surface area (Å²) in [6.45, 7) is 5.66. The lowest BCUT2D eigenvalue weighted by molar-refractivity contribution is -0.305. The molecule has 8 atom stereocenters. The van der Waals surface area contributed by atoms with Crippen LogP contribution < -0.4 is 5.32 Å². The van der Waals surface area contributed by atoms with E-state index in [-0.39, 0.29) is 19.4 Å². The number of aliphatic hydroxyl groups excluding tert-OH is 5. The summed E-state index contributed by atoms with van der Waals surface area (Å²) in [4.78, 5) is 26.6. The highest BCUT2D eigenvalue weighted by Crippen LogP contribution is 2.26. The number of carbonyl (C=O) groups excluding carboxylic acids is 2. The second-order valence-electron chi connectivity index (χ2n) is 23.9. The van der Waals surface area contributed by atoms with Gasteiger partial charge >= 0.3 is 5.97 Å². The molecule has 6 N–H and O–H groups in total. The minimum atomic E-state index is -1.64. The van der Waals surface area contributed by atoms with Crippen LogP contribution in [0.2, 0.25) is 0 Å². The maximum Gasteiger partial charge on any atom is 0.306 e. The van der Waals surface area contributed by atoms with E-state index in [1.165, 1.54) is 154 Å². The van der Waals surface area contributed by atoms with Crippen molar-refractivity contribution in [2.75, 3.05) is 13.2 Å². The topological polar surface area (TPSA) is 175 Å². The summed E-state index contributed by atoms with van der Waals surface area (Å²) in [6.07, 6.45) is 71.7. The quantitative estimate of drug-likeness (QED) is 0.0195. The molecule has 11 nitrogen and oxygen atoms in total. The van der Waals surface area contributed by atoms with Crippen molar-refractivity contribution in [3.05, 3.63) is 97.2 Å². The Morgan fingerprint density at radius 1 is 0.471 bits per heavy atom. The first-order valence-corrected chi connectivity index (χ1v) is 35.0. The van der Waals surface area contributed by atoms with Gasteiger partial charge in [0.2, 0.25) is 5.91 Å². The first-order chi connectivity index (χ1) is 41.7. The first-order valence-electron chi connectivity index (χ1n) is 35.0. The molecule has 0 aromatic carbocycles. The van der Waals surface area contributed by atoms with Gasteiger partial charge in [-0.2, -0.15) is 0 Å². The Morgan fingerprint density at radius 3 is 1.28 bits per heavy atom. The number of hydrogen-bond acceptors (Lipinski definition) is 10. The van der Waals surface area contributed by atoms with Gasteiger partial charge in [0.1, 0.15) is 24.4 Å². The van der Waals surface area contributed by atoms with Crippen molar-refractivity contribution in [2.45, 2.75) is 346 Å². The highest BCUT2D eigenvalue weighted by atomic mass is 16.7. The molecule has 1 amide bonds. The second kappa shape index (κ2) is 60.8. The number of amides is 1. The molecule has 1 aliphatic rings. The monoisotopic (exact) mass is 1190 g/mol. The zero-order valence-corrected chi connectivity index (χ0v) is 54.5. The molecule has 490 valence electrons. The zero-order chi connectivity index (χ0) is 61.7. The molecular formula is C74H129NO10. The van der Waals surface area contributed by atoms with Gasteiger partial charge in [0, 0.05) is 6.42 Å². The van der Waals surface area contributed by atoms with Crippen molar-refractivity contribution in [2.24, 2.45) is 0 Å². The van der Waals surface area contributed by atoms with E-state index in [9.17, 15) is 35.1 Å². The van der Waals surface area contributed by atoms with E-state index in [2.05, 4.69) is 111 Å². The summed E-state index contributed by atoms with van der Waals surface area (Å²) >= 11 is 0. The molecule has 0 bridgehead atoms. The van der Waals surface area contributed by atoms with Gasteiger partial charge in [-0.1, -0.05) is 285 Å². The molecule has 1 aliphatic heterocycles. The average Bonchev–Trinajstić information content (AvgIpc) is 2.91. The molecule has 1 rings (SSSR count). The van der Waals surface area contributed by atoms with Crippen molar-refractivity contribution in [3.8, 4) is 0 Å². The highest BCUT2D eigenvalue weighted by molar-refractivity contribution is 5.80. The summed E-state index contributed by atoms with van der Waals surface area (Å²) in [5, 5.41) is 57.2. The van der Waals surface area contributed by atoms with Crippen LogP contribution >= 0.6 is 0 Å². The third-order valence-corrected chi connectivity index (χ3v) is 16.0. The Hall–Kier alpha value is -3.42. The normalized spacial score (nSPS) is 19.0. The standard InChI is InChI=1S/C74H129NO10/c1-4-7-10-13-16-19-22-24-26-28-30-32-33-34-36-37-39-41-43-46-49-52-55-58-61-67(78)73(82)75-65(66(77)60-57-54-51-48-45-21-18-15-12-9-6-3)64-83-74-72(71(81)70(80)68(63-76)84-74)85-69(79)62-59-56-53-50-47-44-42-40-38-35-31-29-27-25-23-20-17-14-11-8-5-2/h8,11,17,20,24-27,31,35,40,42,47,50,57,60,65-68,70-72,74,76-78,80-81H,4-7,9-10,12-16,18-19,21-23,28-30,32-34,36-39,41,43-46,48-49,51-56,58-59,61-64H2,1-3H3,(H,75,82)/b11-8-,20-17-,26-24+,27-25-,35-31-,42-40-,50-47-,60-57+. The number of aliphatic hydroxyl groups is 5. The smallest absolute Gasteiger partial charge is 0.306 e. The van der Waals surface area contributed by atoms with Crippen molar-refractivity contribution in [1.29, 1.82) is 0 Å². The number of nitrogens with one attached hydrogen (secondary N) is 1. The Bertz CT molecular complexity index is 1750. The van der Waals surface area contributed by atoms with Crippen LogP contribution in [0.3, 0.4) is 0 Å². The number of ether oxygens (including phenoxy) is 3. The summed E-state index contributed by atoms with van der Waals surface area (Å²) in [6, 6.07) is -1.04. The van der Waals surface area contributed by atoms with E-state index in [4.69, 9.17) is 14.2 Å². The fourth-order valence-electron chi connectivity index (χ4n) is 10.5. The third kappa shape index (κ3) is 48.2. The number of unbranched alkanes of at least 4 members (excludes halogenated alkanes) is 31. The molecule has 11 heteroatoms. The van der Waals surface area contributed by atoms with E-state index >= 15 is 0 Å². The average molecular weight is 1190 g/mol. The van der Waals surface area contributed by atoms with E-state index in [0.29, 0.717) is 12.8 Å². The Labute approximate surface area is 520 Å². The van der Waals surface area contributed by atoms with Crippen LogP contribution in [0.1, 0.15) is 297 Å². The summed E-state index contributed by atoms with van der Waals surface area (Å²) in [5.74, 6) is -1.24. The molecule has 1 saturated heterocycles. The van der Waals surface area contributed by atoms with Crippen molar-refractivity contribution in [1.82, 2.24) is 5.32 Å². The molecule has 1 fully saturated rings. The second-order valence-corrected chi connectivity index (χ2v) is 23.9. The molecule has 0 aromatic rings. The minimum Gasteiger partial charge on any atom is -0.454 e. The molecule has 0 saturated carbocycles. The predicted octanol–water partition coefficient (Wildman–Crippen LogP) is 17.8. The number of esters is 1. The van der Waals surface area contributed by atoms with Crippen molar-refractivity contribution < 1.29 is 49.3 Å². The molecule has 0 spiro atoms. The van der Waals surface area contributed by atoms with Crippen LogP contribution in [0, 0.1) is 0 Å².